The van der Waals surface area contributed by atoms with Crippen LogP contribution in [-0.2, 0) is 15.1 Å². The van der Waals surface area contributed by atoms with Crippen LogP contribution in [0, 0.1) is 17.1 Å². The van der Waals surface area contributed by atoms with Gasteiger partial charge in [-0.05, 0) is 55.5 Å². The Bertz CT molecular complexity index is 896. The van der Waals surface area contributed by atoms with Gasteiger partial charge in [0.2, 0.25) is 0 Å². The van der Waals surface area contributed by atoms with E-state index in [9.17, 15) is 9.18 Å². The van der Waals surface area contributed by atoms with Gasteiger partial charge in [0.1, 0.15) is 23.5 Å². The first-order valence-corrected chi connectivity index (χ1v) is 8.75. The largest absolute Gasteiger partial charge is 0.388 e. The lowest BCUT2D eigenvalue weighted by Gasteiger charge is -2.31. The van der Waals surface area contributed by atoms with Crippen molar-refractivity contribution >= 4 is 23.0 Å². The number of ketones is 1. The Hall–Kier alpha value is -2.56. The summed E-state index contributed by atoms with van der Waals surface area (Å²) in [6, 6.07) is 8.06. The average Bonchev–Trinajstić information content (AvgIpc) is 3.05. The Morgan fingerprint density at radius 2 is 2.08 bits per heavy atom. The number of hydrogen-bond acceptors (Lipinski definition) is 5. The van der Waals surface area contributed by atoms with E-state index in [1.165, 1.54) is 37.5 Å². The summed E-state index contributed by atoms with van der Waals surface area (Å²) >= 11 is 1.40. The van der Waals surface area contributed by atoms with E-state index in [1.54, 1.807) is 19.9 Å². The van der Waals surface area contributed by atoms with Crippen molar-refractivity contribution in [3.05, 3.63) is 45.9 Å². The number of nitrogens with zero attached hydrogens (tertiary/aromatic N) is 2. The number of rotatable bonds is 6. The SMILES string of the molecule is COC(C(C)=O)C(C)(N=C(C)N)c1cc(-c2ccc(F)c(C#N)c2)cs1. The van der Waals surface area contributed by atoms with E-state index < -0.39 is 17.5 Å². The number of methoxy groups -OCH3 is 1. The maximum atomic E-state index is 13.6. The molecule has 0 aliphatic heterocycles. The number of carbonyl (C=O) groups is 1. The third-order valence-electron chi connectivity index (χ3n) is 4.04. The molecule has 136 valence electrons. The molecule has 5 nitrogen and oxygen atoms in total. The van der Waals surface area contributed by atoms with E-state index in [2.05, 4.69) is 4.99 Å². The van der Waals surface area contributed by atoms with E-state index in [0.717, 1.165) is 10.4 Å². The highest BCUT2D eigenvalue weighted by atomic mass is 32.1. The lowest BCUT2D eigenvalue weighted by atomic mass is 9.89. The van der Waals surface area contributed by atoms with Crippen LogP contribution in [0.15, 0.2) is 34.6 Å². The zero-order chi connectivity index (χ0) is 19.5. The molecule has 2 N–H and O–H groups in total. The number of ether oxygens (including phenoxy) is 1. The number of halogens is 1. The number of Topliss-reactive ketones (excluding diaryl/α,β-unsaturated/α-hetero) is 1. The molecular formula is C19H20FN3O2S. The molecule has 0 amide bonds. The molecule has 1 aromatic heterocycles. The lowest BCUT2D eigenvalue weighted by molar-refractivity contribution is -0.130. The van der Waals surface area contributed by atoms with Gasteiger partial charge in [-0.1, -0.05) is 6.07 Å². The molecule has 2 rings (SSSR count). The quantitative estimate of drug-likeness (QED) is 0.619. The first kappa shape index (κ1) is 19.8. The van der Waals surface area contributed by atoms with Gasteiger partial charge in [0, 0.05) is 12.0 Å². The number of amidine groups is 1. The molecule has 0 aliphatic carbocycles. The van der Waals surface area contributed by atoms with Gasteiger partial charge in [0.15, 0.2) is 5.78 Å². The molecule has 2 unspecified atom stereocenters. The molecule has 0 saturated carbocycles. The van der Waals surface area contributed by atoms with Gasteiger partial charge >= 0.3 is 0 Å². The molecule has 2 aromatic rings. The van der Waals surface area contributed by atoms with E-state index in [1.807, 2.05) is 17.5 Å². The summed E-state index contributed by atoms with van der Waals surface area (Å²) in [5, 5.41) is 10.9. The molecule has 0 saturated heterocycles. The van der Waals surface area contributed by atoms with Crippen LogP contribution in [0.25, 0.3) is 11.1 Å². The number of benzene rings is 1. The molecule has 0 fully saturated rings. The molecule has 2 atom stereocenters. The Balaban J connectivity index is 2.55. The minimum absolute atomic E-state index is 0.0210. The second kappa shape index (κ2) is 7.77. The van der Waals surface area contributed by atoms with Crippen molar-refractivity contribution in [2.45, 2.75) is 32.4 Å². The van der Waals surface area contributed by atoms with Crippen molar-refractivity contribution in [2.24, 2.45) is 10.7 Å². The van der Waals surface area contributed by atoms with E-state index >= 15 is 0 Å². The van der Waals surface area contributed by atoms with Gasteiger partial charge < -0.3 is 10.5 Å². The highest BCUT2D eigenvalue weighted by Gasteiger charge is 2.40. The Kier molecular flexibility index (Phi) is 5.90. The van der Waals surface area contributed by atoms with E-state index in [0.29, 0.717) is 11.4 Å². The smallest absolute Gasteiger partial charge is 0.161 e. The van der Waals surface area contributed by atoms with Crippen LogP contribution < -0.4 is 5.73 Å². The van der Waals surface area contributed by atoms with E-state index in [-0.39, 0.29) is 11.3 Å². The van der Waals surface area contributed by atoms with Crippen molar-refractivity contribution in [1.82, 2.24) is 0 Å². The number of nitriles is 1. The first-order valence-electron chi connectivity index (χ1n) is 7.87. The number of nitrogens with two attached hydrogens (primary N) is 1. The fourth-order valence-electron chi connectivity index (χ4n) is 2.94. The Morgan fingerprint density at radius 1 is 1.38 bits per heavy atom. The molecule has 0 aliphatic rings. The number of aliphatic imine (C=N–C) groups is 1. The predicted octanol–water partition coefficient (Wildman–Crippen LogP) is 3.62. The summed E-state index contributed by atoms with van der Waals surface area (Å²) in [5.74, 6) is -0.390. The van der Waals surface area contributed by atoms with Crippen molar-refractivity contribution in [3.8, 4) is 17.2 Å². The maximum absolute atomic E-state index is 13.6. The summed E-state index contributed by atoms with van der Waals surface area (Å²) in [7, 11) is 1.46. The van der Waals surface area contributed by atoms with Gasteiger partial charge in [0.25, 0.3) is 0 Å². The minimum atomic E-state index is -0.986. The van der Waals surface area contributed by atoms with Gasteiger partial charge in [-0.3, -0.25) is 9.79 Å². The Morgan fingerprint density at radius 3 is 2.62 bits per heavy atom. The van der Waals surface area contributed by atoms with Crippen LogP contribution in [0.2, 0.25) is 0 Å². The van der Waals surface area contributed by atoms with Gasteiger partial charge in [0.05, 0.1) is 11.4 Å². The number of carbonyl (C=O) groups excluding carboxylic acids is 1. The molecule has 1 aromatic carbocycles. The molecule has 1 heterocycles. The Labute approximate surface area is 155 Å². The van der Waals surface area contributed by atoms with Crippen LogP contribution >= 0.6 is 11.3 Å². The van der Waals surface area contributed by atoms with Crippen LogP contribution in [-0.4, -0.2) is 24.8 Å². The van der Waals surface area contributed by atoms with Gasteiger partial charge in [-0.25, -0.2) is 4.39 Å². The minimum Gasteiger partial charge on any atom is -0.388 e. The molecule has 0 bridgehead atoms. The highest BCUT2D eigenvalue weighted by Crippen LogP contribution is 2.39. The van der Waals surface area contributed by atoms with Crippen LogP contribution in [0.1, 0.15) is 31.2 Å². The van der Waals surface area contributed by atoms with E-state index in [4.69, 9.17) is 15.7 Å². The van der Waals surface area contributed by atoms with Crippen molar-refractivity contribution in [2.75, 3.05) is 7.11 Å². The standard InChI is InChI=1S/C19H20FN3O2S/c1-11(24)18(25-4)19(3,23-12(2)22)17-8-15(10-26-17)13-5-6-16(20)14(7-13)9-21/h5-8,10,18H,1-4H3,(H2,22,23). The second-order valence-electron chi connectivity index (χ2n) is 6.13. The zero-order valence-electron chi connectivity index (χ0n) is 15.0. The summed E-state index contributed by atoms with van der Waals surface area (Å²) in [5.41, 5.74) is 6.29. The van der Waals surface area contributed by atoms with Crippen LogP contribution in [0.3, 0.4) is 0 Å². The third kappa shape index (κ3) is 3.82. The highest BCUT2D eigenvalue weighted by molar-refractivity contribution is 7.10. The van der Waals surface area contributed by atoms with Gasteiger partial charge in [-0.2, -0.15) is 5.26 Å². The predicted molar refractivity (Wildman–Crippen MR) is 101 cm³/mol. The second-order valence-corrected chi connectivity index (χ2v) is 7.04. The summed E-state index contributed by atoms with van der Waals surface area (Å²) in [4.78, 5) is 17.3. The third-order valence-corrected chi connectivity index (χ3v) is 5.20. The lowest BCUT2D eigenvalue weighted by Crippen LogP contribution is -2.42. The molecule has 0 radical (unpaired) electrons. The summed E-state index contributed by atoms with van der Waals surface area (Å²) in [6.45, 7) is 4.89. The first-order chi connectivity index (χ1) is 12.2. The van der Waals surface area contributed by atoms with Gasteiger partial charge in [-0.15, -0.1) is 11.3 Å². The normalized spacial score (nSPS) is 15.2. The topological polar surface area (TPSA) is 88.5 Å². The van der Waals surface area contributed by atoms with Crippen molar-refractivity contribution in [1.29, 1.82) is 5.26 Å². The van der Waals surface area contributed by atoms with Crippen molar-refractivity contribution < 1.29 is 13.9 Å². The molecule has 26 heavy (non-hydrogen) atoms. The number of thiophene rings is 1. The van der Waals surface area contributed by atoms with Crippen molar-refractivity contribution in [3.63, 3.8) is 0 Å². The molecule has 7 heteroatoms. The fraction of sp³-hybridized carbons (Fsp3) is 0.316. The number of hydrogen-bond donors (Lipinski definition) is 1. The molecular weight excluding hydrogens is 353 g/mol. The monoisotopic (exact) mass is 373 g/mol. The fourth-order valence-corrected chi connectivity index (χ4v) is 3.99. The summed E-state index contributed by atoms with van der Waals surface area (Å²) in [6.07, 6.45) is -0.796. The molecule has 0 spiro atoms. The average molecular weight is 373 g/mol. The van der Waals surface area contributed by atoms with Crippen LogP contribution in [0.5, 0.6) is 0 Å². The summed E-state index contributed by atoms with van der Waals surface area (Å²) < 4.78 is 19.0. The maximum Gasteiger partial charge on any atom is 0.161 e. The zero-order valence-corrected chi connectivity index (χ0v) is 15.9. The van der Waals surface area contributed by atoms with Crippen LogP contribution in [0.4, 0.5) is 4.39 Å².